The second-order valence-corrected chi connectivity index (χ2v) is 11.1. The molecule has 2 aliphatic rings. The number of hydrogen-bond acceptors (Lipinski definition) is 7. The van der Waals surface area contributed by atoms with Crippen LogP contribution in [-0.4, -0.2) is 62.6 Å². The highest BCUT2D eigenvalue weighted by atomic mass is 19.4. The zero-order valence-corrected chi connectivity index (χ0v) is 24.3. The van der Waals surface area contributed by atoms with Crippen LogP contribution < -0.4 is 16.0 Å². The fourth-order valence-corrected chi connectivity index (χ4v) is 5.73. The van der Waals surface area contributed by atoms with Gasteiger partial charge in [0.05, 0.1) is 11.1 Å². The van der Waals surface area contributed by atoms with E-state index in [1.54, 1.807) is 43.6 Å². The number of nitrogens with one attached hydrogen (secondary N) is 3. The van der Waals surface area contributed by atoms with E-state index in [1.807, 2.05) is 0 Å². The third-order valence-corrected chi connectivity index (χ3v) is 7.98. The van der Waals surface area contributed by atoms with E-state index in [0.29, 0.717) is 30.5 Å². The summed E-state index contributed by atoms with van der Waals surface area (Å²) >= 11 is 0. The molecule has 1 atom stereocenters. The third kappa shape index (κ3) is 6.36. The number of hydrogen-bond donors (Lipinski definition) is 3. The lowest BCUT2D eigenvalue weighted by atomic mass is 9.94. The van der Waals surface area contributed by atoms with Crippen molar-refractivity contribution in [2.24, 2.45) is 0 Å². The van der Waals surface area contributed by atoms with Crippen molar-refractivity contribution in [1.82, 2.24) is 30.0 Å². The molecule has 2 aromatic heterocycles. The Morgan fingerprint density at radius 3 is 2.58 bits per heavy atom. The minimum atomic E-state index is -4.91. The van der Waals surface area contributed by atoms with Crippen molar-refractivity contribution in [3.63, 3.8) is 0 Å². The van der Waals surface area contributed by atoms with Gasteiger partial charge in [-0.15, -0.1) is 5.10 Å². The lowest BCUT2D eigenvalue weighted by Crippen LogP contribution is -2.38. The number of likely N-dealkylation sites (tertiary alicyclic amines) is 1. The highest BCUT2D eigenvalue weighted by Gasteiger charge is 2.38. The number of carbonyl (C=O) groups is 2. The summed E-state index contributed by atoms with van der Waals surface area (Å²) in [6.45, 7) is 4.56. The van der Waals surface area contributed by atoms with Gasteiger partial charge in [-0.3, -0.25) is 14.6 Å². The van der Waals surface area contributed by atoms with E-state index in [4.69, 9.17) is 0 Å². The summed E-state index contributed by atoms with van der Waals surface area (Å²) in [7, 11) is 0. The predicted molar refractivity (Wildman–Crippen MR) is 159 cm³/mol. The van der Waals surface area contributed by atoms with Crippen molar-refractivity contribution in [2.45, 2.75) is 38.4 Å². The van der Waals surface area contributed by atoms with Gasteiger partial charge in [-0.2, -0.15) is 18.2 Å². The standard InChI is InChI=1S/C31H30F4N8O2/c1-18-25(28(44)39-22-7-5-21-17-36-10-9-19(21)15-22)26(20-6-8-23(24(32)16-20)31(33,34)35)43-30(38-18)40-27(41-43)29(45)37-11-14-42-12-3-2-4-13-42/h5-10,15-17,26H,2-4,11-14H2,1H3,(H,37,45)(H,39,44)(H,38,40,41). The molecule has 2 amide bonds. The number of rotatable bonds is 7. The fourth-order valence-electron chi connectivity index (χ4n) is 5.73. The highest BCUT2D eigenvalue weighted by molar-refractivity contribution is 6.07. The molecule has 2 aromatic carbocycles. The average molecular weight is 623 g/mol. The molecule has 0 bridgehead atoms. The van der Waals surface area contributed by atoms with E-state index in [9.17, 15) is 27.2 Å². The van der Waals surface area contributed by atoms with Crippen molar-refractivity contribution in [1.29, 1.82) is 0 Å². The predicted octanol–water partition coefficient (Wildman–Crippen LogP) is 5.13. The second kappa shape index (κ2) is 12.3. The summed E-state index contributed by atoms with van der Waals surface area (Å²) in [5, 5.41) is 14.6. The molecule has 3 N–H and O–H groups in total. The number of carbonyl (C=O) groups excluding carboxylic acids is 2. The number of allylic oxidation sites excluding steroid dienone is 1. The molecule has 0 aliphatic carbocycles. The molecule has 45 heavy (non-hydrogen) atoms. The normalized spacial score (nSPS) is 17.1. The van der Waals surface area contributed by atoms with Crippen molar-refractivity contribution in [3.8, 4) is 0 Å². The molecule has 4 heterocycles. The quantitative estimate of drug-likeness (QED) is 0.245. The zero-order valence-electron chi connectivity index (χ0n) is 24.3. The number of piperidine rings is 1. The Morgan fingerprint density at radius 1 is 1.02 bits per heavy atom. The lowest BCUT2D eigenvalue weighted by Gasteiger charge is -2.29. The summed E-state index contributed by atoms with van der Waals surface area (Å²) in [5.41, 5.74) is -0.614. The van der Waals surface area contributed by atoms with Gasteiger partial charge in [-0.1, -0.05) is 18.6 Å². The molecular weight excluding hydrogens is 592 g/mol. The van der Waals surface area contributed by atoms with Crippen LogP contribution in [0.2, 0.25) is 0 Å². The lowest BCUT2D eigenvalue weighted by molar-refractivity contribution is -0.140. The molecule has 0 radical (unpaired) electrons. The number of fused-ring (bicyclic) bond motifs is 2. The molecule has 1 saturated heterocycles. The van der Waals surface area contributed by atoms with Gasteiger partial charge in [0.25, 0.3) is 11.8 Å². The van der Waals surface area contributed by atoms with Crippen LogP contribution in [0.3, 0.4) is 0 Å². The molecule has 4 aromatic rings. The van der Waals surface area contributed by atoms with Crippen molar-refractivity contribution >= 4 is 34.2 Å². The SMILES string of the molecule is CC1=C(C(=O)Nc2ccc3cnccc3c2)C(c2ccc(C(F)(F)F)c(F)c2)n2nc(C(=O)NCCN3CCCCC3)nc2N1. The number of benzene rings is 2. The largest absolute Gasteiger partial charge is 0.419 e. The Hall–Kier alpha value is -4.85. The molecule has 0 spiro atoms. The minimum Gasteiger partial charge on any atom is -0.348 e. The summed E-state index contributed by atoms with van der Waals surface area (Å²) < 4.78 is 56.2. The Morgan fingerprint density at radius 2 is 1.82 bits per heavy atom. The first kappa shape index (κ1) is 30.2. The first-order valence-electron chi connectivity index (χ1n) is 14.5. The van der Waals surface area contributed by atoms with Crippen LogP contribution in [0, 0.1) is 5.82 Å². The van der Waals surface area contributed by atoms with Crippen LogP contribution in [0.4, 0.5) is 29.2 Å². The number of pyridine rings is 1. The van der Waals surface area contributed by atoms with E-state index in [0.717, 1.165) is 48.8 Å². The van der Waals surface area contributed by atoms with E-state index in [2.05, 4.69) is 35.9 Å². The average Bonchev–Trinajstić information content (AvgIpc) is 3.44. The number of halogens is 4. The van der Waals surface area contributed by atoms with E-state index in [1.165, 1.54) is 11.1 Å². The summed E-state index contributed by atoms with van der Waals surface area (Å²) in [6, 6.07) is 8.25. The van der Waals surface area contributed by atoms with Gasteiger partial charge in [0, 0.05) is 42.3 Å². The highest BCUT2D eigenvalue weighted by Crippen LogP contribution is 2.38. The van der Waals surface area contributed by atoms with Crippen molar-refractivity contribution in [2.75, 3.05) is 36.8 Å². The maximum absolute atomic E-state index is 14.9. The maximum Gasteiger partial charge on any atom is 0.419 e. The molecule has 10 nitrogen and oxygen atoms in total. The van der Waals surface area contributed by atoms with Crippen LogP contribution in [0.1, 0.15) is 54.0 Å². The Bertz CT molecular complexity index is 1800. The fraction of sp³-hybridized carbons (Fsp3) is 0.323. The van der Waals surface area contributed by atoms with Gasteiger partial charge < -0.3 is 20.9 Å². The van der Waals surface area contributed by atoms with Crippen molar-refractivity contribution in [3.05, 3.63) is 88.9 Å². The van der Waals surface area contributed by atoms with Crippen LogP contribution in [0.5, 0.6) is 0 Å². The van der Waals surface area contributed by atoms with Crippen LogP contribution in [0.15, 0.2) is 66.1 Å². The van der Waals surface area contributed by atoms with E-state index < -0.39 is 35.4 Å². The number of alkyl halides is 3. The number of anilines is 2. The van der Waals surface area contributed by atoms with Crippen molar-refractivity contribution < 1.29 is 27.2 Å². The van der Waals surface area contributed by atoms with Gasteiger partial charge in [0.15, 0.2) is 0 Å². The third-order valence-electron chi connectivity index (χ3n) is 7.98. The number of aromatic nitrogens is 4. The van der Waals surface area contributed by atoms with Crippen LogP contribution in [0.25, 0.3) is 10.8 Å². The molecule has 6 rings (SSSR count). The molecular formula is C31H30F4N8O2. The summed E-state index contributed by atoms with van der Waals surface area (Å²) in [6.07, 6.45) is 1.81. The number of nitrogens with zero attached hydrogens (tertiary/aromatic N) is 5. The summed E-state index contributed by atoms with van der Waals surface area (Å²) in [5.74, 6) is -2.79. The van der Waals surface area contributed by atoms with Gasteiger partial charge in [0.2, 0.25) is 11.8 Å². The topological polar surface area (TPSA) is 117 Å². The minimum absolute atomic E-state index is 0.0132. The molecule has 2 aliphatic heterocycles. The van der Waals surface area contributed by atoms with Gasteiger partial charge in [-0.25, -0.2) is 9.07 Å². The molecule has 234 valence electrons. The van der Waals surface area contributed by atoms with Crippen LogP contribution >= 0.6 is 0 Å². The van der Waals surface area contributed by atoms with Crippen LogP contribution in [-0.2, 0) is 11.0 Å². The Balaban J connectivity index is 1.32. The smallest absolute Gasteiger partial charge is 0.348 e. The summed E-state index contributed by atoms with van der Waals surface area (Å²) in [4.78, 5) is 37.5. The Kier molecular flexibility index (Phi) is 8.23. The van der Waals surface area contributed by atoms with Gasteiger partial charge in [0.1, 0.15) is 11.9 Å². The first-order chi connectivity index (χ1) is 21.6. The maximum atomic E-state index is 14.9. The molecule has 0 saturated carbocycles. The van der Waals surface area contributed by atoms with Gasteiger partial charge in [-0.05, 0) is 74.1 Å². The zero-order chi connectivity index (χ0) is 31.7. The first-order valence-corrected chi connectivity index (χ1v) is 14.5. The number of amides is 2. The molecule has 1 unspecified atom stereocenters. The van der Waals surface area contributed by atoms with E-state index >= 15 is 0 Å². The molecule has 14 heteroatoms. The van der Waals surface area contributed by atoms with Gasteiger partial charge >= 0.3 is 6.18 Å². The monoisotopic (exact) mass is 622 g/mol. The Labute approximate surface area is 255 Å². The molecule has 1 fully saturated rings. The van der Waals surface area contributed by atoms with E-state index in [-0.39, 0.29) is 22.9 Å². The second-order valence-electron chi connectivity index (χ2n) is 11.1.